The van der Waals surface area contributed by atoms with Crippen LogP contribution in [0.15, 0.2) is 12.2 Å². The van der Waals surface area contributed by atoms with E-state index < -0.39 is 6.17 Å². The predicted molar refractivity (Wildman–Crippen MR) is 42.9 cm³/mol. The molecule has 0 amide bonds. The van der Waals surface area contributed by atoms with Crippen LogP contribution in [0.3, 0.4) is 0 Å². The molecule has 0 heterocycles. The quantitative estimate of drug-likeness (QED) is 0.527. The number of hydrogen-bond acceptors (Lipinski definition) is 1. The van der Waals surface area contributed by atoms with Crippen LogP contribution in [0, 0.1) is 11.8 Å². The number of alkyl halides is 1. The van der Waals surface area contributed by atoms with Crippen molar-refractivity contribution in [2.75, 3.05) is 6.26 Å². The summed E-state index contributed by atoms with van der Waals surface area (Å²) < 4.78 is 13.2. The first-order valence-corrected chi connectivity index (χ1v) is 4.97. The fourth-order valence-electron chi connectivity index (χ4n) is 2.02. The average Bonchev–Trinajstić information content (AvgIpc) is 2.46. The molecule has 56 valence electrons. The standard InChI is InChI=1S/C8H11FS/c1-10-8-6-3-2-5(4-6)7(8)9/h2-3,5-8H,4H2,1H3/t5-,6+,7-,8-/m0/s1. The molecule has 0 aromatic heterocycles. The van der Waals surface area contributed by atoms with Gasteiger partial charge in [-0.05, 0) is 18.6 Å². The predicted octanol–water partition coefficient (Wildman–Crippen LogP) is 2.26. The smallest absolute Gasteiger partial charge is 0.119 e. The lowest BCUT2D eigenvalue weighted by Crippen LogP contribution is -2.22. The van der Waals surface area contributed by atoms with Crippen molar-refractivity contribution in [2.45, 2.75) is 17.8 Å². The van der Waals surface area contributed by atoms with Crippen molar-refractivity contribution in [1.82, 2.24) is 0 Å². The molecule has 2 aliphatic rings. The van der Waals surface area contributed by atoms with Crippen molar-refractivity contribution in [1.29, 1.82) is 0 Å². The molecule has 0 unspecified atom stereocenters. The van der Waals surface area contributed by atoms with Crippen LogP contribution >= 0.6 is 11.8 Å². The minimum atomic E-state index is -0.565. The molecule has 0 radical (unpaired) electrons. The highest BCUT2D eigenvalue weighted by Crippen LogP contribution is 2.45. The maximum absolute atomic E-state index is 13.2. The van der Waals surface area contributed by atoms with Gasteiger partial charge in [0.2, 0.25) is 0 Å². The molecule has 1 fully saturated rings. The van der Waals surface area contributed by atoms with Crippen molar-refractivity contribution in [3.05, 3.63) is 12.2 Å². The zero-order chi connectivity index (χ0) is 7.14. The van der Waals surface area contributed by atoms with Gasteiger partial charge in [0.15, 0.2) is 0 Å². The van der Waals surface area contributed by atoms with E-state index in [0.29, 0.717) is 5.92 Å². The molecule has 10 heavy (non-hydrogen) atoms. The number of halogens is 1. The van der Waals surface area contributed by atoms with Gasteiger partial charge in [0.25, 0.3) is 0 Å². The largest absolute Gasteiger partial charge is 0.246 e. The van der Waals surface area contributed by atoms with E-state index in [1.54, 1.807) is 11.8 Å². The maximum Gasteiger partial charge on any atom is 0.119 e. The van der Waals surface area contributed by atoms with Crippen molar-refractivity contribution in [3.63, 3.8) is 0 Å². The second kappa shape index (κ2) is 2.26. The Kier molecular flexibility index (Phi) is 1.52. The lowest BCUT2D eigenvalue weighted by molar-refractivity contribution is 0.297. The zero-order valence-corrected chi connectivity index (χ0v) is 6.77. The topological polar surface area (TPSA) is 0 Å². The Labute approximate surface area is 64.9 Å². The number of allylic oxidation sites excluding steroid dienone is 2. The minimum absolute atomic E-state index is 0.252. The van der Waals surface area contributed by atoms with Crippen LogP contribution in [0.1, 0.15) is 6.42 Å². The molecule has 1 saturated carbocycles. The molecular formula is C8H11FS. The summed E-state index contributed by atoms with van der Waals surface area (Å²) in [6.07, 6.45) is 6.73. The van der Waals surface area contributed by atoms with Crippen molar-refractivity contribution in [3.8, 4) is 0 Å². The van der Waals surface area contributed by atoms with E-state index in [4.69, 9.17) is 0 Å². The lowest BCUT2D eigenvalue weighted by Gasteiger charge is -2.18. The van der Waals surface area contributed by atoms with Crippen molar-refractivity contribution >= 4 is 11.8 Å². The van der Waals surface area contributed by atoms with Crippen LogP contribution in [-0.4, -0.2) is 17.7 Å². The number of thioether (sulfide) groups is 1. The van der Waals surface area contributed by atoms with Crippen LogP contribution in [0.25, 0.3) is 0 Å². The molecule has 2 heteroatoms. The zero-order valence-electron chi connectivity index (χ0n) is 5.96. The Hall–Kier alpha value is 0.0200. The summed E-state index contributed by atoms with van der Waals surface area (Å²) in [7, 11) is 0. The second-order valence-corrected chi connectivity index (χ2v) is 4.11. The van der Waals surface area contributed by atoms with E-state index >= 15 is 0 Å². The Morgan fingerprint density at radius 1 is 1.40 bits per heavy atom. The molecule has 0 N–H and O–H groups in total. The van der Waals surface area contributed by atoms with Gasteiger partial charge < -0.3 is 0 Å². The van der Waals surface area contributed by atoms with Gasteiger partial charge in [0.05, 0.1) is 0 Å². The lowest BCUT2D eigenvalue weighted by atomic mass is 10.1. The number of fused-ring (bicyclic) bond motifs is 2. The molecule has 0 aliphatic heterocycles. The van der Waals surface area contributed by atoms with Gasteiger partial charge in [0, 0.05) is 11.2 Å². The fourth-order valence-corrected chi connectivity index (χ4v) is 3.03. The summed E-state index contributed by atoms with van der Waals surface area (Å²) in [5.41, 5.74) is 0. The van der Waals surface area contributed by atoms with Crippen LogP contribution in [0.4, 0.5) is 4.39 Å². The monoisotopic (exact) mass is 158 g/mol. The summed E-state index contributed by atoms with van der Waals surface area (Å²) in [6.45, 7) is 0. The fraction of sp³-hybridized carbons (Fsp3) is 0.750. The first-order valence-electron chi connectivity index (χ1n) is 3.68. The average molecular weight is 158 g/mol. The van der Waals surface area contributed by atoms with Gasteiger partial charge >= 0.3 is 0 Å². The molecule has 2 rings (SSSR count). The Bertz CT molecular complexity index is 167. The molecule has 2 aliphatic carbocycles. The molecule has 0 nitrogen and oxygen atoms in total. The molecule has 2 bridgehead atoms. The van der Waals surface area contributed by atoms with Gasteiger partial charge in [-0.15, -0.1) is 0 Å². The molecule has 4 atom stereocenters. The first-order chi connectivity index (χ1) is 4.83. The van der Waals surface area contributed by atoms with Crippen LogP contribution in [0.5, 0.6) is 0 Å². The van der Waals surface area contributed by atoms with E-state index in [1.807, 2.05) is 12.3 Å². The SMILES string of the molecule is CS[C@@H]1[C@@H](F)[C@H]2C=C[C@@H]1C2. The van der Waals surface area contributed by atoms with Crippen molar-refractivity contribution in [2.24, 2.45) is 11.8 Å². The minimum Gasteiger partial charge on any atom is -0.246 e. The summed E-state index contributed by atoms with van der Waals surface area (Å²) in [6, 6.07) is 0. The Morgan fingerprint density at radius 3 is 2.50 bits per heavy atom. The second-order valence-electron chi connectivity index (χ2n) is 3.09. The maximum atomic E-state index is 13.2. The molecule has 0 aromatic rings. The summed E-state index contributed by atoms with van der Waals surface area (Å²) in [5.74, 6) is 0.789. The van der Waals surface area contributed by atoms with Gasteiger partial charge in [-0.3, -0.25) is 0 Å². The molecule has 0 saturated heterocycles. The molecule has 0 aromatic carbocycles. The summed E-state index contributed by atoms with van der Waals surface area (Å²) >= 11 is 1.68. The summed E-state index contributed by atoms with van der Waals surface area (Å²) in [5, 5.41) is 0.259. The van der Waals surface area contributed by atoms with Crippen LogP contribution < -0.4 is 0 Å². The first kappa shape index (κ1) is 6.71. The highest BCUT2D eigenvalue weighted by Gasteiger charge is 2.44. The van der Waals surface area contributed by atoms with Crippen LogP contribution in [0.2, 0.25) is 0 Å². The van der Waals surface area contributed by atoms with E-state index in [-0.39, 0.29) is 11.2 Å². The highest BCUT2D eigenvalue weighted by molar-refractivity contribution is 7.99. The van der Waals surface area contributed by atoms with Gasteiger partial charge in [-0.2, -0.15) is 11.8 Å². The third-order valence-electron chi connectivity index (χ3n) is 2.57. The molecule has 0 spiro atoms. The third kappa shape index (κ3) is 0.746. The van der Waals surface area contributed by atoms with E-state index in [0.717, 1.165) is 6.42 Å². The van der Waals surface area contributed by atoms with Gasteiger partial charge in [0.1, 0.15) is 6.17 Å². The van der Waals surface area contributed by atoms with E-state index in [9.17, 15) is 4.39 Å². The number of hydrogen-bond donors (Lipinski definition) is 0. The third-order valence-corrected chi connectivity index (χ3v) is 3.72. The molecular weight excluding hydrogens is 147 g/mol. The van der Waals surface area contributed by atoms with Crippen LogP contribution in [-0.2, 0) is 0 Å². The van der Waals surface area contributed by atoms with Gasteiger partial charge in [-0.1, -0.05) is 12.2 Å². The Morgan fingerprint density at radius 2 is 2.10 bits per heavy atom. The Balaban J connectivity index is 2.18. The number of rotatable bonds is 1. The van der Waals surface area contributed by atoms with Crippen molar-refractivity contribution < 1.29 is 4.39 Å². The summed E-state index contributed by atoms with van der Waals surface area (Å²) in [4.78, 5) is 0. The van der Waals surface area contributed by atoms with Gasteiger partial charge in [-0.25, -0.2) is 4.39 Å². The normalized spacial score (nSPS) is 50.6. The highest BCUT2D eigenvalue weighted by atomic mass is 32.2. The van der Waals surface area contributed by atoms with E-state index in [2.05, 4.69) is 6.08 Å². The van der Waals surface area contributed by atoms with E-state index in [1.165, 1.54) is 0 Å².